The number of nitrogens with one attached hydrogen (secondary N) is 3. The van der Waals surface area contributed by atoms with E-state index < -0.39 is 0 Å². The summed E-state index contributed by atoms with van der Waals surface area (Å²) in [6.07, 6.45) is 5.14. The van der Waals surface area contributed by atoms with E-state index in [-0.39, 0.29) is 17.4 Å². The van der Waals surface area contributed by atoms with E-state index in [9.17, 15) is 9.59 Å². The molecule has 1 fully saturated rings. The number of amides is 2. The van der Waals surface area contributed by atoms with E-state index in [1.165, 1.54) is 0 Å². The van der Waals surface area contributed by atoms with E-state index >= 15 is 0 Å². The van der Waals surface area contributed by atoms with Crippen LogP contribution in [-0.2, 0) is 16.7 Å². The number of fused-ring (bicyclic) bond motifs is 2. The lowest BCUT2D eigenvalue weighted by molar-refractivity contribution is 0.102. The van der Waals surface area contributed by atoms with Crippen molar-refractivity contribution in [2.24, 2.45) is 0 Å². The first-order valence-corrected chi connectivity index (χ1v) is 11.7. The number of nitrogens with zero attached hydrogens (tertiary/aromatic N) is 3. The van der Waals surface area contributed by atoms with Crippen LogP contribution in [0.25, 0.3) is 0 Å². The van der Waals surface area contributed by atoms with Gasteiger partial charge in [0, 0.05) is 43.6 Å². The van der Waals surface area contributed by atoms with Crippen LogP contribution in [0.4, 0.5) is 27.8 Å². The summed E-state index contributed by atoms with van der Waals surface area (Å²) in [4.78, 5) is 36.0. The number of anilines is 4. The molecule has 35 heavy (non-hydrogen) atoms. The molecular weight excluding hydrogens is 444 g/mol. The van der Waals surface area contributed by atoms with E-state index in [4.69, 9.17) is 4.74 Å². The monoisotopic (exact) mass is 472 g/mol. The minimum Gasteiger partial charge on any atom is -0.449 e. The second kappa shape index (κ2) is 9.25. The highest BCUT2D eigenvalue weighted by atomic mass is 16.6. The average Bonchev–Trinajstić information content (AvgIpc) is 3.59. The van der Waals surface area contributed by atoms with Crippen LogP contribution in [0.2, 0.25) is 0 Å². The summed E-state index contributed by atoms with van der Waals surface area (Å²) in [6.45, 7) is 3.23. The predicted molar refractivity (Wildman–Crippen MR) is 135 cm³/mol. The fourth-order valence-corrected chi connectivity index (χ4v) is 4.53. The number of carbonyl (C=O) groups is 2. The van der Waals surface area contributed by atoms with Gasteiger partial charge in [-0.25, -0.2) is 14.8 Å². The number of aromatic nitrogens is 2. The zero-order chi connectivity index (χ0) is 24.4. The number of pyridine rings is 2. The summed E-state index contributed by atoms with van der Waals surface area (Å²) in [6, 6.07) is 13.1. The molecule has 3 heterocycles. The van der Waals surface area contributed by atoms with Crippen LogP contribution in [0.15, 0.2) is 54.9 Å². The molecule has 0 bridgehead atoms. The minimum absolute atomic E-state index is 0.0329. The SMILES string of the molecule is CCOC(=O)N1CC2(CC2)c2ccc(NC(=O)c3cccnc3NCc3ccnc(NC)c3)cc21. The largest absolute Gasteiger partial charge is 0.449 e. The molecule has 1 spiro atoms. The topological polar surface area (TPSA) is 108 Å². The first-order chi connectivity index (χ1) is 17.0. The number of carbonyl (C=O) groups excluding carboxylic acids is 2. The lowest BCUT2D eigenvalue weighted by Gasteiger charge is -2.17. The molecule has 0 radical (unpaired) electrons. The summed E-state index contributed by atoms with van der Waals surface area (Å²) in [5, 5.41) is 9.23. The summed E-state index contributed by atoms with van der Waals surface area (Å²) in [5.74, 6) is 0.969. The van der Waals surface area contributed by atoms with Gasteiger partial charge < -0.3 is 20.7 Å². The Morgan fingerprint density at radius 3 is 2.74 bits per heavy atom. The Labute approximate surface area is 203 Å². The summed E-state index contributed by atoms with van der Waals surface area (Å²) in [7, 11) is 1.82. The molecule has 0 saturated heterocycles. The van der Waals surface area contributed by atoms with Gasteiger partial charge in [0.25, 0.3) is 5.91 Å². The molecule has 1 aliphatic heterocycles. The van der Waals surface area contributed by atoms with Gasteiger partial charge >= 0.3 is 6.09 Å². The van der Waals surface area contributed by atoms with E-state index in [1.54, 1.807) is 36.4 Å². The zero-order valence-corrected chi connectivity index (χ0v) is 19.8. The van der Waals surface area contributed by atoms with Crippen LogP contribution in [-0.4, -0.2) is 42.2 Å². The molecule has 0 atom stereocenters. The number of rotatable bonds is 7. The lowest BCUT2D eigenvalue weighted by Crippen LogP contribution is -2.32. The summed E-state index contributed by atoms with van der Waals surface area (Å²) >= 11 is 0. The standard InChI is InChI=1S/C26H28N6O3/c1-3-35-25(34)32-16-26(9-10-26)20-7-6-18(14-21(20)32)31-24(33)19-5-4-11-29-23(19)30-15-17-8-12-28-22(13-17)27-2/h4-8,11-14H,3,9-10,15-16H2,1-2H3,(H,27,28)(H,29,30)(H,31,33). The van der Waals surface area contributed by atoms with Crippen molar-refractivity contribution in [2.45, 2.75) is 31.7 Å². The van der Waals surface area contributed by atoms with Crippen molar-refractivity contribution in [3.8, 4) is 0 Å². The van der Waals surface area contributed by atoms with Crippen LogP contribution in [0.1, 0.15) is 41.3 Å². The smallest absolute Gasteiger partial charge is 0.414 e. The predicted octanol–water partition coefficient (Wildman–Crippen LogP) is 4.39. The summed E-state index contributed by atoms with van der Waals surface area (Å²) in [5.41, 5.74) is 4.03. The Bertz CT molecular complexity index is 1270. The third-order valence-corrected chi connectivity index (χ3v) is 6.51. The Kier molecular flexibility index (Phi) is 5.98. The van der Waals surface area contributed by atoms with Gasteiger partial charge in [0.2, 0.25) is 0 Å². The molecule has 180 valence electrons. The zero-order valence-electron chi connectivity index (χ0n) is 19.8. The molecule has 3 aromatic rings. The molecule has 1 saturated carbocycles. The van der Waals surface area contributed by atoms with Gasteiger partial charge in [0.05, 0.1) is 17.9 Å². The van der Waals surface area contributed by atoms with Crippen molar-refractivity contribution in [3.05, 3.63) is 71.5 Å². The number of benzene rings is 1. The van der Waals surface area contributed by atoms with Crippen LogP contribution in [0, 0.1) is 0 Å². The van der Waals surface area contributed by atoms with Gasteiger partial charge in [-0.3, -0.25) is 9.69 Å². The molecule has 3 N–H and O–H groups in total. The molecule has 1 aliphatic carbocycles. The third-order valence-electron chi connectivity index (χ3n) is 6.51. The molecule has 2 amide bonds. The van der Waals surface area contributed by atoms with Gasteiger partial charge in [0.1, 0.15) is 11.6 Å². The maximum atomic E-state index is 13.2. The Morgan fingerprint density at radius 2 is 1.97 bits per heavy atom. The minimum atomic E-state index is -0.350. The van der Waals surface area contributed by atoms with Crippen molar-refractivity contribution in [1.29, 1.82) is 0 Å². The second-order valence-electron chi connectivity index (χ2n) is 8.80. The molecule has 9 heteroatoms. The fraction of sp³-hybridized carbons (Fsp3) is 0.308. The Hall–Kier alpha value is -4.14. The first kappa shape index (κ1) is 22.6. The molecular formula is C26H28N6O3. The summed E-state index contributed by atoms with van der Waals surface area (Å²) < 4.78 is 5.26. The van der Waals surface area contributed by atoms with Gasteiger partial charge in [-0.05, 0) is 67.3 Å². The van der Waals surface area contributed by atoms with E-state index in [0.717, 1.165) is 35.5 Å². The number of hydrogen-bond donors (Lipinski definition) is 3. The molecule has 0 unspecified atom stereocenters. The van der Waals surface area contributed by atoms with Crippen molar-refractivity contribution < 1.29 is 14.3 Å². The van der Waals surface area contributed by atoms with Crippen molar-refractivity contribution in [1.82, 2.24) is 9.97 Å². The van der Waals surface area contributed by atoms with Crippen LogP contribution < -0.4 is 20.9 Å². The van der Waals surface area contributed by atoms with Crippen molar-refractivity contribution in [2.75, 3.05) is 41.0 Å². The van der Waals surface area contributed by atoms with E-state index in [1.807, 2.05) is 37.4 Å². The van der Waals surface area contributed by atoms with E-state index in [2.05, 4.69) is 25.9 Å². The highest BCUT2D eigenvalue weighted by molar-refractivity contribution is 6.08. The highest BCUT2D eigenvalue weighted by Gasteiger charge is 2.53. The van der Waals surface area contributed by atoms with Gasteiger partial charge in [0.15, 0.2) is 0 Å². The van der Waals surface area contributed by atoms with Gasteiger partial charge in [-0.2, -0.15) is 0 Å². The molecule has 9 nitrogen and oxygen atoms in total. The van der Waals surface area contributed by atoms with Gasteiger partial charge in [-0.15, -0.1) is 0 Å². The maximum absolute atomic E-state index is 13.2. The van der Waals surface area contributed by atoms with Crippen LogP contribution >= 0.6 is 0 Å². The van der Waals surface area contributed by atoms with Crippen LogP contribution in [0.5, 0.6) is 0 Å². The number of hydrogen-bond acceptors (Lipinski definition) is 7. The Balaban J connectivity index is 1.33. The fourth-order valence-electron chi connectivity index (χ4n) is 4.53. The quantitative estimate of drug-likeness (QED) is 0.468. The third kappa shape index (κ3) is 4.49. The molecule has 5 rings (SSSR count). The normalized spacial score (nSPS) is 14.9. The van der Waals surface area contributed by atoms with Gasteiger partial charge in [-0.1, -0.05) is 6.07 Å². The molecule has 2 aliphatic rings. The highest BCUT2D eigenvalue weighted by Crippen LogP contribution is 2.57. The second-order valence-corrected chi connectivity index (χ2v) is 8.80. The first-order valence-electron chi connectivity index (χ1n) is 11.7. The Morgan fingerprint density at radius 1 is 1.11 bits per heavy atom. The van der Waals surface area contributed by atoms with Crippen molar-refractivity contribution >= 4 is 35.0 Å². The molecule has 1 aromatic carbocycles. The lowest BCUT2D eigenvalue weighted by atomic mass is 9.98. The number of ether oxygens (including phenoxy) is 1. The van der Waals surface area contributed by atoms with E-state index in [0.29, 0.717) is 36.8 Å². The molecule has 2 aromatic heterocycles. The average molecular weight is 473 g/mol. The van der Waals surface area contributed by atoms with Crippen LogP contribution in [0.3, 0.4) is 0 Å². The van der Waals surface area contributed by atoms with Crippen molar-refractivity contribution in [3.63, 3.8) is 0 Å². The maximum Gasteiger partial charge on any atom is 0.414 e.